The first-order valence-electron chi connectivity index (χ1n) is 13.0. The lowest BCUT2D eigenvalue weighted by Crippen LogP contribution is -2.28. The molecule has 0 radical (unpaired) electrons. The van der Waals surface area contributed by atoms with Gasteiger partial charge in [-0.2, -0.15) is 0 Å². The number of aromatic nitrogens is 2. The van der Waals surface area contributed by atoms with Crippen molar-refractivity contribution in [3.63, 3.8) is 0 Å². The van der Waals surface area contributed by atoms with Crippen molar-refractivity contribution in [3.8, 4) is 0 Å². The molecule has 2 aromatic heterocycles. The van der Waals surface area contributed by atoms with Crippen molar-refractivity contribution >= 4 is 17.0 Å². The van der Waals surface area contributed by atoms with Crippen molar-refractivity contribution in [1.82, 2.24) is 9.97 Å². The second-order valence-electron chi connectivity index (χ2n) is 11.2. The Bertz CT molecular complexity index is 1810. The molecule has 2 N–H and O–H groups in total. The third kappa shape index (κ3) is 3.32. The fourth-order valence-corrected chi connectivity index (χ4v) is 5.60. The predicted molar refractivity (Wildman–Crippen MR) is 155 cm³/mol. The molecule has 0 atom stereocenters. The van der Waals surface area contributed by atoms with Gasteiger partial charge < -0.3 is 9.97 Å². The number of aliphatic imine (C=N–C) groups is 2. The van der Waals surface area contributed by atoms with Gasteiger partial charge in [-0.05, 0) is 101 Å². The summed E-state index contributed by atoms with van der Waals surface area (Å²) in [6, 6.07) is 8.75. The third-order valence-corrected chi connectivity index (χ3v) is 8.08. The zero-order valence-corrected chi connectivity index (χ0v) is 22.0. The summed E-state index contributed by atoms with van der Waals surface area (Å²) >= 11 is 0. The number of hydrogen-bond acceptors (Lipinski definition) is 2. The van der Waals surface area contributed by atoms with E-state index in [0.717, 1.165) is 67.9 Å². The second-order valence-corrected chi connectivity index (χ2v) is 11.2. The summed E-state index contributed by atoms with van der Waals surface area (Å²) in [6.07, 6.45) is 20.5. The Balaban J connectivity index is 1.53. The highest BCUT2D eigenvalue weighted by Gasteiger charge is 2.34. The minimum absolute atomic E-state index is 0.256. The van der Waals surface area contributed by atoms with E-state index < -0.39 is 0 Å². The lowest BCUT2D eigenvalue weighted by molar-refractivity contribution is 0.593. The van der Waals surface area contributed by atoms with Crippen molar-refractivity contribution in [3.05, 3.63) is 147 Å². The number of nitrogens with one attached hydrogen (secondary N) is 2. The maximum atomic E-state index is 5.19. The van der Waals surface area contributed by atoms with Crippen molar-refractivity contribution in [2.45, 2.75) is 38.5 Å². The summed E-state index contributed by atoms with van der Waals surface area (Å²) in [5.74, 6) is 0. The van der Waals surface area contributed by atoms with Crippen LogP contribution in [0.5, 0.6) is 0 Å². The average molecular weight is 493 g/mol. The summed E-state index contributed by atoms with van der Waals surface area (Å²) in [6.45, 7) is 8.95. The van der Waals surface area contributed by atoms with Crippen LogP contribution < -0.4 is 0 Å². The van der Waals surface area contributed by atoms with Crippen LogP contribution in [0.3, 0.4) is 0 Å². The Hall–Kier alpha value is -4.62. The van der Waals surface area contributed by atoms with Crippen LogP contribution in [0.15, 0.2) is 135 Å². The quantitative estimate of drug-likeness (QED) is 0.415. The van der Waals surface area contributed by atoms with E-state index >= 15 is 0 Å². The molecule has 4 heteroatoms. The molecule has 0 aromatic carbocycles. The minimum atomic E-state index is -0.301. The van der Waals surface area contributed by atoms with E-state index in [2.05, 4.69) is 110 Å². The molecule has 2 aromatic rings. The van der Waals surface area contributed by atoms with Crippen LogP contribution in [0.1, 0.15) is 50.5 Å². The van der Waals surface area contributed by atoms with Gasteiger partial charge in [0.2, 0.25) is 0 Å². The van der Waals surface area contributed by atoms with Crippen LogP contribution in [0.2, 0.25) is 0 Å². The van der Waals surface area contributed by atoms with E-state index in [9.17, 15) is 0 Å². The number of H-pyrrole nitrogens is 2. The maximum absolute atomic E-state index is 5.19. The lowest BCUT2D eigenvalue weighted by atomic mass is 9.84. The van der Waals surface area contributed by atoms with Gasteiger partial charge in [-0.25, -0.2) is 4.99 Å². The number of nitrogens with zero attached hydrogens (tertiary/aromatic N) is 2. The van der Waals surface area contributed by atoms with Crippen molar-refractivity contribution < 1.29 is 0 Å². The Morgan fingerprint density at radius 2 is 1.21 bits per heavy atom. The van der Waals surface area contributed by atoms with Gasteiger partial charge in [0.1, 0.15) is 0 Å². The summed E-state index contributed by atoms with van der Waals surface area (Å²) in [5, 5.41) is 0. The van der Waals surface area contributed by atoms with Crippen LogP contribution in [0, 0.1) is 0 Å². The fraction of sp³-hybridized carbons (Fsp3) is 0.176. The summed E-state index contributed by atoms with van der Waals surface area (Å²) in [5.41, 5.74) is 18.4. The van der Waals surface area contributed by atoms with Crippen molar-refractivity contribution in [2.75, 3.05) is 0 Å². The van der Waals surface area contributed by atoms with Crippen LogP contribution in [0.4, 0.5) is 0 Å². The third-order valence-electron chi connectivity index (χ3n) is 8.08. The number of rotatable bonds is 2. The molecule has 184 valence electrons. The van der Waals surface area contributed by atoms with Gasteiger partial charge in [0.05, 0.1) is 22.8 Å². The number of hydrogen-bond donors (Lipinski definition) is 2. The summed E-state index contributed by atoms with van der Waals surface area (Å²) in [7, 11) is 0. The highest BCUT2D eigenvalue weighted by Crippen LogP contribution is 2.39. The highest BCUT2D eigenvalue weighted by molar-refractivity contribution is 6.17. The molecule has 0 spiro atoms. The van der Waals surface area contributed by atoms with E-state index in [1.54, 1.807) is 0 Å². The molecular weight excluding hydrogens is 464 g/mol. The Kier molecular flexibility index (Phi) is 4.71. The van der Waals surface area contributed by atoms with E-state index in [-0.39, 0.29) is 10.8 Å². The SMILES string of the molecule is CC1(C)C2=N/C(=C(/C3=C=CC=C3)C3=N/C(=C(/C4=C=CC=C4)c4ccc([nH]4)C(C)(C)c4ccc1[nH]4)C=C3)C=C2. The summed E-state index contributed by atoms with van der Waals surface area (Å²) < 4.78 is 0. The minimum Gasteiger partial charge on any atom is -0.361 e. The first kappa shape index (κ1) is 22.6. The smallest absolute Gasteiger partial charge is 0.0744 e. The van der Waals surface area contributed by atoms with Gasteiger partial charge in [-0.1, -0.05) is 12.2 Å². The fourth-order valence-electron chi connectivity index (χ4n) is 5.60. The topological polar surface area (TPSA) is 56.3 Å². The normalized spacial score (nSPS) is 25.4. The Morgan fingerprint density at radius 3 is 1.92 bits per heavy atom. The van der Waals surface area contributed by atoms with Gasteiger partial charge in [0, 0.05) is 55.9 Å². The van der Waals surface area contributed by atoms with Crippen LogP contribution in [-0.4, -0.2) is 21.4 Å². The molecule has 0 fully saturated rings. The van der Waals surface area contributed by atoms with E-state index in [4.69, 9.17) is 9.98 Å². The van der Waals surface area contributed by atoms with Gasteiger partial charge in [0.25, 0.3) is 0 Å². The molecule has 0 unspecified atom stereocenters. The second kappa shape index (κ2) is 7.94. The molecule has 7 rings (SSSR count). The standard InChI is InChI=1S/C34H28N4/c1-33(2)27-17-15-25(36-27)31(21-9-5-6-10-21)23-13-14-24(35-23)32(22-11-7-8-12-22)26-16-18-28(37-26)34(3,4)30-20-19-29(33)38-30/h5-9,11,13-20,36,38H,1-4H3/b31-23-,32-26-. The van der Waals surface area contributed by atoms with Crippen LogP contribution >= 0.6 is 0 Å². The van der Waals surface area contributed by atoms with Crippen LogP contribution in [-0.2, 0) is 10.8 Å². The van der Waals surface area contributed by atoms with Gasteiger partial charge >= 0.3 is 0 Å². The molecule has 4 nitrogen and oxygen atoms in total. The van der Waals surface area contributed by atoms with Gasteiger partial charge in [-0.3, -0.25) is 4.99 Å². The first-order valence-corrected chi connectivity index (χ1v) is 13.0. The molecule has 8 bridgehead atoms. The molecule has 0 amide bonds. The van der Waals surface area contributed by atoms with Crippen LogP contribution in [0.25, 0.3) is 5.57 Å². The van der Waals surface area contributed by atoms with E-state index in [1.165, 1.54) is 0 Å². The molecular formula is C34H28N4. The Morgan fingerprint density at radius 1 is 0.605 bits per heavy atom. The molecule has 0 saturated heterocycles. The molecule has 5 heterocycles. The van der Waals surface area contributed by atoms with Crippen molar-refractivity contribution in [2.24, 2.45) is 9.98 Å². The number of aromatic amines is 2. The van der Waals surface area contributed by atoms with Gasteiger partial charge in [-0.15, -0.1) is 11.5 Å². The monoisotopic (exact) mass is 492 g/mol. The van der Waals surface area contributed by atoms with Gasteiger partial charge in [0.15, 0.2) is 0 Å². The molecule has 2 aliphatic carbocycles. The number of fused-ring (bicyclic) bond motifs is 6. The summed E-state index contributed by atoms with van der Waals surface area (Å²) in [4.78, 5) is 17.9. The zero-order chi connectivity index (χ0) is 26.1. The first-order chi connectivity index (χ1) is 18.3. The van der Waals surface area contributed by atoms with E-state index in [0.29, 0.717) is 0 Å². The lowest BCUT2D eigenvalue weighted by Gasteiger charge is -2.25. The van der Waals surface area contributed by atoms with Crippen molar-refractivity contribution in [1.29, 1.82) is 0 Å². The maximum Gasteiger partial charge on any atom is 0.0744 e. The molecule has 3 aliphatic heterocycles. The van der Waals surface area contributed by atoms with E-state index in [1.807, 2.05) is 24.3 Å². The molecule has 0 saturated carbocycles. The highest BCUT2D eigenvalue weighted by atomic mass is 14.9. The average Bonchev–Trinajstić information content (AvgIpc) is 3.71. The molecule has 5 aliphatic rings. The predicted octanol–water partition coefficient (Wildman–Crippen LogP) is 7.25. The molecule has 38 heavy (non-hydrogen) atoms. The zero-order valence-electron chi connectivity index (χ0n) is 22.0. The number of allylic oxidation sites excluding steroid dienone is 12. The Labute approximate surface area is 222 Å². The largest absolute Gasteiger partial charge is 0.361 e.